The Hall–Kier alpha value is -1.39. The number of benzene rings is 1. The van der Waals surface area contributed by atoms with Crippen molar-refractivity contribution in [3.8, 4) is 0 Å². The van der Waals surface area contributed by atoms with Gasteiger partial charge in [0.2, 0.25) is 0 Å². The average Bonchev–Trinajstić information content (AvgIpc) is 2.53. The zero-order valence-electron chi connectivity index (χ0n) is 12.9. The van der Waals surface area contributed by atoms with Gasteiger partial charge < -0.3 is 14.7 Å². The Morgan fingerprint density at radius 2 is 1.95 bits per heavy atom. The lowest BCUT2D eigenvalue weighted by atomic mass is 9.72. The number of hydrogen-bond donors (Lipinski definition) is 1. The summed E-state index contributed by atoms with van der Waals surface area (Å²) in [5.41, 5.74) is 0.209. The fourth-order valence-electron chi connectivity index (χ4n) is 3.20. The molecule has 0 radical (unpaired) electrons. The van der Waals surface area contributed by atoms with Crippen molar-refractivity contribution in [2.45, 2.75) is 37.6 Å². The molecule has 0 bridgehead atoms. The first-order valence-corrected chi connectivity index (χ1v) is 7.62. The lowest BCUT2D eigenvalue weighted by molar-refractivity contribution is -0.146. The lowest BCUT2D eigenvalue weighted by Gasteiger charge is -2.41. The third-order valence-electron chi connectivity index (χ3n) is 4.75. The zero-order chi connectivity index (χ0) is 15.3. The van der Waals surface area contributed by atoms with Crippen molar-refractivity contribution in [3.05, 3.63) is 35.9 Å². The molecule has 0 amide bonds. The van der Waals surface area contributed by atoms with Gasteiger partial charge in [0.05, 0.1) is 5.41 Å². The van der Waals surface area contributed by atoms with E-state index in [2.05, 4.69) is 11.8 Å². The number of hydrogen-bond acceptors (Lipinski definition) is 3. The van der Waals surface area contributed by atoms with E-state index in [4.69, 9.17) is 4.74 Å². The Morgan fingerprint density at radius 3 is 2.48 bits per heavy atom. The molecule has 1 aliphatic heterocycles. The minimum Gasteiger partial charge on any atom is -0.481 e. The third-order valence-corrected chi connectivity index (χ3v) is 4.75. The van der Waals surface area contributed by atoms with Gasteiger partial charge in [0.1, 0.15) is 0 Å². The second kappa shape index (κ2) is 7.05. The van der Waals surface area contributed by atoms with E-state index in [1.165, 1.54) is 0 Å². The van der Waals surface area contributed by atoms with Gasteiger partial charge in [-0.05, 0) is 44.8 Å². The van der Waals surface area contributed by atoms with Crippen LogP contribution >= 0.6 is 0 Å². The topological polar surface area (TPSA) is 49.8 Å². The maximum Gasteiger partial charge on any atom is 0.314 e. The quantitative estimate of drug-likeness (QED) is 0.875. The number of rotatable bonds is 6. The second-order valence-electron chi connectivity index (χ2n) is 5.92. The van der Waals surface area contributed by atoms with Crippen LogP contribution in [-0.2, 0) is 14.9 Å². The minimum absolute atomic E-state index is 0.438. The van der Waals surface area contributed by atoms with Crippen molar-refractivity contribution in [2.24, 2.45) is 0 Å². The summed E-state index contributed by atoms with van der Waals surface area (Å²) in [6.45, 7) is 4.59. The maximum absolute atomic E-state index is 11.9. The van der Waals surface area contributed by atoms with Crippen LogP contribution < -0.4 is 0 Å². The number of carboxylic acid groups (broad SMARTS) is 1. The van der Waals surface area contributed by atoms with Gasteiger partial charge in [-0.3, -0.25) is 4.79 Å². The molecule has 1 aromatic carbocycles. The summed E-state index contributed by atoms with van der Waals surface area (Å²) in [7, 11) is 1.72. The van der Waals surface area contributed by atoms with E-state index in [1.54, 1.807) is 7.11 Å². The van der Waals surface area contributed by atoms with Crippen molar-refractivity contribution in [3.63, 3.8) is 0 Å². The minimum atomic E-state index is -0.723. The molecule has 0 aliphatic carbocycles. The largest absolute Gasteiger partial charge is 0.481 e. The maximum atomic E-state index is 11.9. The van der Waals surface area contributed by atoms with Crippen LogP contribution in [0.4, 0.5) is 0 Å². The molecule has 1 fully saturated rings. The summed E-state index contributed by atoms with van der Waals surface area (Å²) in [5, 5.41) is 9.77. The molecule has 1 aliphatic rings. The van der Waals surface area contributed by atoms with E-state index in [9.17, 15) is 9.90 Å². The Bertz CT molecular complexity index is 452. The number of piperidine rings is 1. The van der Waals surface area contributed by atoms with Crippen LogP contribution in [0.1, 0.15) is 31.7 Å². The number of carbonyl (C=O) groups is 1. The Balaban J connectivity index is 2.07. The van der Waals surface area contributed by atoms with E-state index in [0.29, 0.717) is 18.9 Å². The monoisotopic (exact) mass is 291 g/mol. The van der Waals surface area contributed by atoms with Crippen LogP contribution in [0.3, 0.4) is 0 Å². The van der Waals surface area contributed by atoms with E-state index in [-0.39, 0.29) is 0 Å². The molecule has 1 atom stereocenters. The first kappa shape index (κ1) is 16.0. The first-order valence-electron chi connectivity index (χ1n) is 7.62. The van der Waals surface area contributed by atoms with Gasteiger partial charge in [0, 0.05) is 19.8 Å². The van der Waals surface area contributed by atoms with Gasteiger partial charge in [-0.15, -0.1) is 0 Å². The molecule has 1 aromatic rings. The smallest absolute Gasteiger partial charge is 0.314 e. The van der Waals surface area contributed by atoms with Crippen LogP contribution in [-0.4, -0.2) is 48.8 Å². The normalized spacial score (nSPS) is 20.1. The highest BCUT2D eigenvalue weighted by Gasteiger charge is 2.43. The van der Waals surface area contributed by atoms with E-state index in [1.807, 2.05) is 30.3 Å². The molecule has 116 valence electrons. The predicted molar refractivity (Wildman–Crippen MR) is 82.5 cm³/mol. The van der Waals surface area contributed by atoms with Gasteiger partial charge in [-0.25, -0.2) is 0 Å². The molecular formula is C17H25NO3. The first-order chi connectivity index (χ1) is 10.1. The number of aliphatic carboxylic acids is 1. The average molecular weight is 291 g/mol. The van der Waals surface area contributed by atoms with E-state index < -0.39 is 11.4 Å². The van der Waals surface area contributed by atoms with Gasteiger partial charge in [-0.1, -0.05) is 30.3 Å². The summed E-state index contributed by atoms with van der Waals surface area (Å²) in [6.07, 6.45) is 2.33. The molecule has 1 N–H and O–H groups in total. The summed E-state index contributed by atoms with van der Waals surface area (Å²) in [4.78, 5) is 14.3. The van der Waals surface area contributed by atoms with Gasteiger partial charge in [-0.2, -0.15) is 0 Å². The lowest BCUT2D eigenvalue weighted by Crippen LogP contribution is -2.49. The third kappa shape index (κ3) is 3.44. The Kier molecular flexibility index (Phi) is 5.37. The Labute approximate surface area is 126 Å². The number of methoxy groups -OCH3 is 1. The van der Waals surface area contributed by atoms with Crippen molar-refractivity contribution < 1.29 is 14.6 Å². The standard InChI is InChI=1S/C17H25NO3/c1-14(8-13-21-2)18-11-9-17(10-12-18,16(19)20)15-6-4-3-5-7-15/h3-7,14H,8-13H2,1-2H3,(H,19,20). The molecule has 4 nitrogen and oxygen atoms in total. The summed E-state index contributed by atoms with van der Waals surface area (Å²) in [6, 6.07) is 10.1. The number of nitrogens with zero attached hydrogens (tertiary/aromatic N) is 1. The molecule has 1 unspecified atom stereocenters. The van der Waals surface area contributed by atoms with Gasteiger partial charge in [0.15, 0.2) is 0 Å². The number of likely N-dealkylation sites (tertiary alicyclic amines) is 1. The van der Waals surface area contributed by atoms with Crippen LogP contribution in [0, 0.1) is 0 Å². The summed E-state index contributed by atoms with van der Waals surface area (Å²) < 4.78 is 5.13. The highest BCUT2D eigenvalue weighted by Crippen LogP contribution is 2.36. The van der Waals surface area contributed by atoms with E-state index in [0.717, 1.165) is 31.7 Å². The van der Waals surface area contributed by atoms with Crippen LogP contribution in [0.5, 0.6) is 0 Å². The van der Waals surface area contributed by atoms with E-state index >= 15 is 0 Å². The van der Waals surface area contributed by atoms with Crippen LogP contribution in [0.2, 0.25) is 0 Å². The molecule has 0 aromatic heterocycles. The molecule has 1 heterocycles. The fourth-order valence-corrected chi connectivity index (χ4v) is 3.20. The van der Waals surface area contributed by atoms with Crippen LogP contribution in [0.25, 0.3) is 0 Å². The second-order valence-corrected chi connectivity index (χ2v) is 5.92. The van der Waals surface area contributed by atoms with Gasteiger partial charge >= 0.3 is 5.97 Å². The van der Waals surface area contributed by atoms with Crippen molar-refractivity contribution in [2.75, 3.05) is 26.8 Å². The van der Waals surface area contributed by atoms with Crippen LogP contribution in [0.15, 0.2) is 30.3 Å². The van der Waals surface area contributed by atoms with Gasteiger partial charge in [0.25, 0.3) is 0 Å². The molecule has 0 saturated carbocycles. The molecule has 21 heavy (non-hydrogen) atoms. The fraction of sp³-hybridized carbons (Fsp3) is 0.588. The van der Waals surface area contributed by atoms with Crippen molar-refractivity contribution in [1.29, 1.82) is 0 Å². The number of carboxylic acids is 1. The molecule has 1 saturated heterocycles. The number of ether oxygens (including phenoxy) is 1. The molecule has 4 heteroatoms. The summed E-state index contributed by atoms with van der Waals surface area (Å²) >= 11 is 0. The highest BCUT2D eigenvalue weighted by atomic mass is 16.5. The highest BCUT2D eigenvalue weighted by molar-refractivity contribution is 5.81. The molecule has 0 spiro atoms. The Morgan fingerprint density at radius 1 is 1.33 bits per heavy atom. The molecule has 2 rings (SSSR count). The SMILES string of the molecule is COCCC(C)N1CCC(C(=O)O)(c2ccccc2)CC1. The summed E-state index contributed by atoms with van der Waals surface area (Å²) in [5.74, 6) is -0.696. The molecular weight excluding hydrogens is 266 g/mol. The predicted octanol–water partition coefficient (Wildman–Crippen LogP) is 2.53. The van der Waals surface area contributed by atoms with Crippen molar-refractivity contribution >= 4 is 5.97 Å². The van der Waals surface area contributed by atoms with Crippen molar-refractivity contribution in [1.82, 2.24) is 4.90 Å². The zero-order valence-corrected chi connectivity index (χ0v) is 12.9.